The van der Waals surface area contributed by atoms with Crippen LogP contribution in [-0.2, 0) is 4.52 Å². The van der Waals surface area contributed by atoms with Crippen LogP contribution < -0.4 is 0 Å². The quantitative estimate of drug-likeness (QED) is 0.340. The molecule has 0 spiro atoms. The zero-order valence-electron chi connectivity index (χ0n) is 17.2. The summed E-state index contributed by atoms with van der Waals surface area (Å²) in [7, 11) is -0.990. The normalized spacial score (nSPS) is 14.3. The van der Waals surface area contributed by atoms with E-state index in [9.17, 15) is 0 Å². The Morgan fingerprint density at radius 1 is 0.875 bits per heavy atom. The lowest BCUT2D eigenvalue weighted by atomic mass is 10.3. The molecule has 2 unspecified atom stereocenters. The van der Waals surface area contributed by atoms with E-state index in [-0.39, 0.29) is 0 Å². The highest BCUT2D eigenvalue weighted by Crippen LogP contribution is 2.44. The molecule has 0 saturated carbocycles. The van der Waals surface area contributed by atoms with Crippen LogP contribution in [0, 0.1) is 11.3 Å². The summed E-state index contributed by atoms with van der Waals surface area (Å²) < 4.78 is 10.3. The first-order valence-electron chi connectivity index (χ1n) is 8.66. The standard InChI is InChI=1S/C10H21N2OP.C7H17ClNP/c1-9(2)12(10(3)4)14(5)13-8-6-7-11;1-6(2)9(7(3)4)10(5)8/h9-10H,6,8H2,1-5H3;6-7H,1-5H3. The molecule has 0 aromatic heterocycles. The van der Waals surface area contributed by atoms with Crippen molar-refractivity contribution in [1.29, 1.82) is 5.26 Å². The van der Waals surface area contributed by atoms with Gasteiger partial charge in [0.2, 0.25) is 0 Å². The van der Waals surface area contributed by atoms with E-state index in [1.165, 1.54) is 0 Å². The number of hydrogen-bond acceptors (Lipinski definition) is 4. The molecule has 2 atom stereocenters. The van der Waals surface area contributed by atoms with Gasteiger partial charge in [0.05, 0.1) is 26.5 Å². The van der Waals surface area contributed by atoms with Gasteiger partial charge in [0, 0.05) is 24.2 Å². The van der Waals surface area contributed by atoms with E-state index in [1.807, 2.05) is 0 Å². The largest absolute Gasteiger partial charge is 0.343 e. The Morgan fingerprint density at radius 2 is 1.25 bits per heavy atom. The van der Waals surface area contributed by atoms with Crippen molar-refractivity contribution in [1.82, 2.24) is 9.34 Å². The summed E-state index contributed by atoms with van der Waals surface area (Å²) >= 11 is 6.02. The molecule has 24 heavy (non-hydrogen) atoms. The SMILES string of the molecule is CC(C)N(C(C)C)P(C)Cl.CC(C)N(C(C)C)P(C)OCCC#N. The van der Waals surface area contributed by atoms with Crippen LogP contribution in [0.5, 0.6) is 0 Å². The van der Waals surface area contributed by atoms with Gasteiger partial charge in [-0.3, -0.25) is 9.34 Å². The Bertz CT molecular complexity index is 320. The van der Waals surface area contributed by atoms with Crippen LogP contribution in [0.1, 0.15) is 61.8 Å². The van der Waals surface area contributed by atoms with Crippen molar-refractivity contribution >= 4 is 27.0 Å². The van der Waals surface area contributed by atoms with E-state index in [2.05, 4.69) is 84.1 Å². The van der Waals surface area contributed by atoms with Gasteiger partial charge in [0.25, 0.3) is 0 Å². The number of halogens is 1. The first-order chi connectivity index (χ1) is 11.0. The van der Waals surface area contributed by atoms with Crippen LogP contribution in [0.4, 0.5) is 0 Å². The van der Waals surface area contributed by atoms with Crippen molar-refractivity contribution in [3.8, 4) is 6.07 Å². The van der Waals surface area contributed by atoms with Gasteiger partial charge in [-0.2, -0.15) is 5.26 Å². The molecule has 0 N–H and O–H groups in total. The van der Waals surface area contributed by atoms with Crippen molar-refractivity contribution in [2.75, 3.05) is 19.9 Å². The molecule has 0 aromatic carbocycles. The molecule has 4 nitrogen and oxygen atoms in total. The maximum Gasteiger partial charge on any atom is 0.101 e. The summed E-state index contributed by atoms with van der Waals surface area (Å²) in [6, 6.07) is 4.20. The lowest BCUT2D eigenvalue weighted by Gasteiger charge is -2.34. The molecule has 144 valence electrons. The summed E-state index contributed by atoms with van der Waals surface area (Å²) in [4.78, 5) is 0. The van der Waals surface area contributed by atoms with E-state index in [1.54, 1.807) is 0 Å². The second-order valence-electron chi connectivity index (χ2n) is 6.79. The van der Waals surface area contributed by atoms with Crippen molar-refractivity contribution in [3.63, 3.8) is 0 Å². The van der Waals surface area contributed by atoms with E-state index >= 15 is 0 Å². The van der Waals surface area contributed by atoms with E-state index < -0.39 is 15.7 Å². The third-order valence-corrected chi connectivity index (χ3v) is 7.47. The fourth-order valence-corrected chi connectivity index (χ4v) is 6.88. The highest BCUT2D eigenvalue weighted by Gasteiger charge is 2.20. The molecule has 7 heteroatoms. The number of rotatable bonds is 9. The summed E-state index contributed by atoms with van der Waals surface area (Å²) in [5, 5.41) is 8.40. The van der Waals surface area contributed by atoms with Crippen LogP contribution in [0.15, 0.2) is 0 Å². The van der Waals surface area contributed by atoms with Crippen LogP contribution in [0.25, 0.3) is 0 Å². The Balaban J connectivity index is 0. The molecule has 0 radical (unpaired) electrons. The molecule has 0 fully saturated rings. The monoisotopic (exact) mass is 397 g/mol. The van der Waals surface area contributed by atoms with E-state index in [4.69, 9.17) is 21.0 Å². The highest BCUT2D eigenvalue weighted by molar-refractivity contribution is 7.81. The van der Waals surface area contributed by atoms with Gasteiger partial charge in [-0.15, -0.1) is 0 Å². The zero-order valence-corrected chi connectivity index (χ0v) is 19.8. The first-order valence-corrected chi connectivity index (χ1v) is 13.0. The molecule has 0 heterocycles. The summed E-state index contributed by atoms with van der Waals surface area (Å²) in [6.45, 7) is 22.2. The van der Waals surface area contributed by atoms with E-state index in [0.717, 1.165) is 0 Å². The van der Waals surface area contributed by atoms with E-state index in [0.29, 0.717) is 37.2 Å². The zero-order chi connectivity index (χ0) is 19.4. The van der Waals surface area contributed by atoms with Gasteiger partial charge in [0.15, 0.2) is 0 Å². The molecule has 0 aromatic rings. The lowest BCUT2D eigenvalue weighted by Crippen LogP contribution is -2.32. The van der Waals surface area contributed by atoms with Crippen molar-refractivity contribution in [2.45, 2.75) is 86.0 Å². The lowest BCUT2D eigenvalue weighted by molar-refractivity contribution is 0.260. The molecule has 0 saturated heterocycles. The summed E-state index contributed by atoms with van der Waals surface area (Å²) in [6.07, 6.45) is 0.483. The fourth-order valence-electron chi connectivity index (χ4n) is 2.77. The second kappa shape index (κ2) is 14.7. The van der Waals surface area contributed by atoms with Crippen molar-refractivity contribution in [2.24, 2.45) is 0 Å². The minimum absolute atomic E-state index is 0.437. The van der Waals surface area contributed by atoms with Gasteiger partial charge in [-0.1, -0.05) is 11.2 Å². The van der Waals surface area contributed by atoms with Crippen LogP contribution in [0.2, 0.25) is 0 Å². The molecule has 0 rings (SSSR count). The van der Waals surface area contributed by atoms with Crippen molar-refractivity contribution < 1.29 is 4.52 Å². The minimum Gasteiger partial charge on any atom is -0.343 e. The Labute approximate surface area is 158 Å². The Kier molecular flexibility index (Phi) is 16.3. The maximum atomic E-state index is 8.40. The minimum atomic E-state index is -0.552. The Hall–Kier alpha value is 0.520. The van der Waals surface area contributed by atoms with Gasteiger partial charge in [-0.25, -0.2) is 0 Å². The second-order valence-corrected chi connectivity index (χ2v) is 11.3. The fraction of sp³-hybridized carbons (Fsp3) is 0.941. The van der Waals surface area contributed by atoms with Gasteiger partial charge < -0.3 is 4.52 Å². The van der Waals surface area contributed by atoms with Crippen LogP contribution in [-0.4, -0.2) is 53.4 Å². The maximum absolute atomic E-state index is 8.40. The first kappa shape index (κ1) is 26.7. The smallest absolute Gasteiger partial charge is 0.101 e. The highest BCUT2D eigenvalue weighted by atomic mass is 35.7. The predicted octanol–water partition coefficient (Wildman–Crippen LogP) is 6.26. The van der Waals surface area contributed by atoms with Gasteiger partial charge in [0.1, 0.15) is 8.30 Å². The molecule has 0 aliphatic heterocycles. The van der Waals surface area contributed by atoms with Crippen LogP contribution in [0.3, 0.4) is 0 Å². The van der Waals surface area contributed by atoms with Crippen LogP contribution >= 0.6 is 27.0 Å². The number of nitrogens with zero attached hydrogens (tertiary/aromatic N) is 3. The molecule has 0 aliphatic carbocycles. The average molecular weight is 398 g/mol. The molecule has 0 aliphatic rings. The summed E-state index contributed by atoms with van der Waals surface area (Å²) in [5.41, 5.74) is 0. The molecule has 0 bridgehead atoms. The summed E-state index contributed by atoms with van der Waals surface area (Å²) in [5.74, 6) is 0. The average Bonchev–Trinajstić information content (AvgIpc) is 2.36. The number of nitriles is 1. The third-order valence-electron chi connectivity index (χ3n) is 3.25. The molecule has 0 amide bonds. The predicted molar refractivity (Wildman–Crippen MR) is 112 cm³/mol. The Morgan fingerprint density at radius 3 is 1.46 bits per heavy atom. The topological polar surface area (TPSA) is 39.5 Å². The van der Waals surface area contributed by atoms with Gasteiger partial charge in [-0.05, 0) is 68.7 Å². The van der Waals surface area contributed by atoms with Crippen molar-refractivity contribution in [3.05, 3.63) is 0 Å². The number of hydrogen-bond donors (Lipinski definition) is 0. The third kappa shape index (κ3) is 12.0. The van der Waals surface area contributed by atoms with Gasteiger partial charge >= 0.3 is 0 Å². The molecular formula is C17H38ClN3OP2. The molecular weight excluding hydrogens is 360 g/mol.